The van der Waals surface area contributed by atoms with Gasteiger partial charge in [0.2, 0.25) is 17.5 Å². The van der Waals surface area contributed by atoms with Crippen LogP contribution in [0.25, 0.3) is 0 Å². The number of piperazine rings is 1. The molecule has 4 aromatic carbocycles. The largest absolute Gasteiger partial charge is 0.542 e. The first kappa shape index (κ1) is 82.6. The number of unbranched alkanes of at least 4 members (excludes halogenated alkanes) is 3. The molecule has 0 unspecified atom stereocenters. The number of benzene rings is 4. The van der Waals surface area contributed by atoms with E-state index in [9.17, 15) is 67.1 Å². The lowest BCUT2D eigenvalue weighted by Crippen LogP contribution is -2.48. The summed E-state index contributed by atoms with van der Waals surface area (Å²) in [6.07, 6.45) is 0.0932. The fourth-order valence-electron chi connectivity index (χ4n) is 12.1. The number of aliphatic carboxylic acids is 4. The number of anilines is 4. The number of nitrogens with one attached hydrogen (secondary N) is 2. The third-order valence-electron chi connectivity index (χ3n) is 17.4. The van der Waals surface area contributed by atoms with Gasteiger partial charge < -0.3 is 45.7 Å². The summed E-state index contributed by atoms with van der Waals surface area (Å²) in [5.74, 6) is -10.6. The number of carbonyl (C=O) groups excluding carboxylic acids is 4. The van der Waals surface area contributed by atoms with E-state index in [4.69, 9.17) is 39.6 Å². The van der Waals surface area contributed by atoms with E-state index in [1.54, 1.807) is 11.0 Å². The maximum Gasteiger partial charge on any atom is 0.490 e. The van der Waals surface area contributed by atoms with Crippen molar-refractivity contribution in [3.63, 3.8) is 0 Å². The number of fused-ring (bicyclic) bond motifs is 4. The number of rotatable bonds is 19. The van der Waals surface area contributed by atoms with Gasteiger partial charge >= 0.3 is 42.6 Å². The number of alkyl halides is 12. The van der Waals surface area contributed by atoms with Crippen LogP contribution >= 0.6 is 0 Å². The molecule has 0 saturated carbocycles. The second-order valence-electron chi connectivity index (χ2n) is 25.1. The second-order valence-corrected chi connectivity index (χ2v) is 25.1. The Bertz CT molecular complexity index is 3550. The molecule has 552 valence electrons. The standard InChI is InChI=1S/C62H78N8O3.4C2HF3O2/c1-61(2)49-24-12-16-28-53(49)65(5)56(61)31-8-6-9-32-57-62(3,4)50-25-13-17-29-54(50)69(57)38-20-7-10-33-58(71)63-36-41-67-44-42-66(43-45-67)37-21-19-22-47-34-39-68(40-35-47)46-59(72)70-52-27-15-11-23-48(52)60(73)64-51-26-14-18-30-55(51)70;4*3-2(4,5)1(6)7/h6,8-9,11-18,23-32,47H,7,10,19-22,33-46H2,1-5H3,(H-,63,64,71,73);4*(H,6,7). The van der Waals surface area contributed by atoms with Crippen LogP contribution in [-0.4, -0.2) is 186 Å². The maximum absolute atomic E-state index is 13.9. The minimum absolute atomic E-state index is 0.00854. The van der Waals surface area contributed by atoms with Crippen molar-refractivity contribution in [2.45, 2.75) is 121 Å². The Balaban J connectivity index is 0.000000551. The highest BCUT2D eigenvalue weighted by Crippen LogP contribution is 2.48. The molecule has 5 heterocycles. The Morgan fingerprint density at radius 2 is 1.08 bits per heavy atom. The lowest BCUT2D eigenvalue weighted by molar-refractivity contribution is -0.401. The Labute approximate surface area is 576 Å². The first-order valence-corrected chi connectivity index (χ1v) is 32.3. The van der Waals surface area contributed by atoms with Crippen LogP contribution in [-0.2, 0) is 39.6 Å². The fourth-order valence-corrected chi connectivity index (χ4v) is 12.1. The summed E-state index contributed by atoms with van der Waals surface area (Å²) in [6, 6.07) is 32.5. The molecular weight excluding hydrogens is 1360 g/mol. The third kappa shape index (κ3) is 24.3. The summed E-state index contributed by atoms with van der Waals surface area (Å²) >= 11 is 0. The van der Waals surface area contributed by atoms with Gasteiger partial charge in [0.05, 0.1) is 34.6 Å². The van der Waals surface area contributed by atoms with Crippen LogP contribution in [0.5, 0.6) is 0 Å². The first-order chi connectivity index (χ1) is 47.2. The molecule has 2 fully saturated rings. The van der Waals surface area contributed by atoms with Crippen LogP contribution in [0.4, 0.5) is 81.1 Å². The lowest BCUT2D eigenvalue weighted by Gasteiger charge is -2.35. The number of hydrogen-bond acceptors (Lipinski definition) is 12. The zero-order valence-corrected chi connectivity index (χ0v) is 56.2. The van der Waals surface area contributed by atoms with Gasteiger partial charge in [0.15, 0.2) is 5.71 Å². The number of carboxylic acids is 4. The van der Waals surface area contributed by atoms with E-state index in [0.29, 0.717) is 48.1 Å². The topological polar surface area (TPSA) is 247 Å². The summed E-state index contributed by atoms with van der Waals surface area (Å²) < 4.78 is 129. The van der Waals surface area contributed by atoms with Crippen molar-refractivity contribution in [1.29, 1.82) is 0 Å². The Hall–Kier alpha value is -9.10. The molecule has 5 N–H and O–H groups in total. The number of carbonyl (C=O) groups is 7. The number of carboxylic acid groups (broad SMARTS) is 4. The summed E-state index contributed by atoms with van der Waals surface area (Å²) in [5, 5.41) is 36.4. The molecule has 0 atom stereocenters. The fraction of sp³-hybridized carbons (Fsp3) is 0.457. The van der Waals surface area contributed by atoms with Crippen molar-refractivity contribution in [2.75, 3.05) is 94.2 Å². The van der Waals surface area contributed by atoms with Gasteiger partial charge in [-0.25, -0.2) is 14.4 Å². The molecule has 0 aromatic heterocycles. The van der Waals surface area contributed by atoms with E-state index in [0.717, 1.165) is 91.0 Å². The molecule has 0 bridgehead atoms. The van der Waals surface area contributed by atoms with Gasteiger partial charge in [0.1, 0.15) is 13.0 Å². The maximum atomic E-state index is 13.9. The number of para-hydroxylation sites is 5. The highest BCUT2D eigenvalue weighted by molar-refractivity contribution is 6.18. The van der Waals surface area contributed by atoms with Gasteiger partial charge in [-0.3, -0.25) is 29.1 Å². The zero-order chi connectivity index (χ0) is 75.3. The minimum Gasteiger partial charge on any atom is -0.542 e. The van der Waals surface area contributed by atoms with Crippen molar-refractivity contribution >= 4 is 75.7 Å². The Morgan fingerprint density at radius 3 is 1.63 bits per heavy atom. The summed E-state index contributed by atoms with van der Waals surface area (Å²) in [4.78, 5) is 86.9. The van der Waals surface area contributed by atoms with Crippen molar-refractivity contribution in [1.82, 2.24) is 20.0 Å². The van der Waals surface area contributed by atoms with Gasteiger partial charge in [-0.1, -0.05) is 112 Å². The van der Waals surface area contributed by atoms with Gasteiger partial charge in [0.25, 0.3) is 5.91 Å². The number of allylic oxidation sites excluding steroid dienone is 6. The average molecular weight is 1440 g/mol. The molecule has 2 saturated heterocycles. The summed E-state index contributed by atoms with van der Waals surface area (Å²) in [6.45, 7) is 19.4. The van der Waals surface area contributed by atoms with Crippen LogP contribution < -0.4 is 25.5 Å². The molecule has 0 radical (unpaired) electrons. The van der Waals surface area contributed by atoms with Crippen LogP contribution in [0.2, 0.25) is 0 Å². The number of piperidine rings is 1. The number of halogens is 12. The van der Waals surface area contributed by atoms with E-state index in [-0.39, 0.29) is 28.6 Å². The second kappa shape index (κ2) is 36.5. The van der Waals surface area contributed by atoms with Gasteiger partial charge in [-0.05, 0) is 113 Å². The Kier molecular flexibility index (Phi) is 29.8. The predicted molar refractivity (Wildman–Crippen MR) is 351 cm³/mol. The lowest BCUT2D eigenvalue weighted by atomic mass is 9.81. The molecule has 19 nitrogen and oxygen atoms in total. The molecule has 4 aromatic rings. The number of likely N-dealkylation sites (tertiary alicyclic amines) is 1. The molecule has 101 heavy (non-hydrogen) atoms. The van der Waals surface area contributed by atoms with E-state index in [1.807, 2.05) is 42.5 Å². The van der Waals surface area contributed by atoms with Crippen molar-refractivity contribution in [2.24, 2.45) is 5.92 Å². The summed E-state index contributed by atoms with van der Waals surface area (Å²) in [5.41, 5.74) is 10.3. The van der Waals surface area contributed by atoms with E-state index < -0.39 is 48.6 Å². The SMILES string of the molecule is C[N+]1=C(/C=C/C=C/C=C2/N(CCCCCC(=O)NCCN3CCN(CCCCC4CCN(CC(=O)N5c6ccccc6NC(=O)c6ccccc65)CC4)CC3)c3ccccc3C2(C)C)C(C)(C)c2ccccc21.O=C(O)C(F)(F)F.O=C(O)C(F)(F)F.O=C(O)C(F)(F)F.O=C([O-])C(F)(F)F. The smallest absolute Gasteiger partial charge is 0.490 e. The predicted octanol–water partition coefficient (Wildman–Crippen LogP) is 11.8. The zero-order valence-electron chi connectivity index (χ0n) is 56.2. The molecular formula is C70H82F12N8O11. The van der Waals surface area contributed by atoms with Crippen LogP contribution in [0, 0.1) is 5.92 Å². The molecule has 9 rings (SSSR count). The number of hydrogen-bond donors (Lipinski definition) is 5. The molecule has 0 spiro atoms. The Morgan fingerprint density at radius 1 is 0.584 bits per heavy atom. The van der Waals surface area contributed by atoms with Crippen molar-refractivity contribution in [3.05, 3.63) is 150 Å². The van der Waals surface area contributed by atoms with Crippen LogP contribution in [0.1, 0.15) is 107 Å². The van der Waals surface area contributed by atoms with E-state index >= 15 is 0 Å². The quantitative estimate of drug-likeness (QED) is 0.0254. The van der Waals surface area contributed by atoms with E-state index in [1.165, 1.54) is 53.2 Å². The minimum atomic E-state index is -5.19. The highest BCUT2D eigenvalue weighted by atomic mass is 19.4. The molecule has 5 aliphatic rings. The molecule has 3 amide bonds. The molecule has 0 aliphatic carbocycles. The van der Waals surface area contributed by atoms with Crippen LogP contribution in [0.15, 0.2) is 133 Å². The average Bonchev–Trinajstić information content (AvgIpc) is 1.61. The third-order valence-corrected chi connectivity index (χ3v) is 17.4. The summed E-state index contributed by atoms with van der Waals surface area (Å²) in [7, 11) is 2.16. The van der Waals surface area contributed by atoms with Crippen molar-refractivity contribution in [3.8, 4) is 0 Å². The van der Waals surface area contributed by atoms with Gasteiger partial charge in [0, 0.05) is 86.7 Å². The van der Waals surface area contributed by atoms with Gasteiger partial charge in [-0.2, -0.15) is 57.3 Å². The molecule has 5 aliphatic heterocycles. The monoisotopic (exact) mass is 1440 g/mol. The van der Waals surface area contributed by atoms with E-state index in [2.05, 4.69) is 148 Å². The normalized spacial score (nSPS) is 17.3. The number of nitrogens with zero attached hydrogens (tertiary/aromatic N) is 6. The van der Waals surface area contributed by atoms with Crippen molar-refractivity contribution < 1.29 is 111 Å². The highest BCUT2D eigenvalue weighted by Gasteiger charge is 2.44. The van der Waals surface area contributed by atoms with Crippen LogP contribution in [0.3, 0.4) is 0 Å². The van der Waals surface area contributed by atoms with Gasteiger partial charge in [-0.15, -0.1) is 0 Å². The first-order valence-electron chi connectivity index (χ1n) is 32.3. The molecule has 31 heteroatoms. The number of amides is 3.